The lowest BCUT2D eigenvalue weighted by atomic mass is 10.2. The summed E-state index contributed by atoms with van der Waals surface area (Å²) in [5.41, 5.74) is 2.06. The van der Waals surface area contributed by atoms with Crippen molar-refractivity contribution >= 4 is 33.1 Å². The average molecular weight is 342 g/mol. The number of nitrogens with one attached hydrogen (secondary N) is 1. The highest BCUT2D eigenvalue weighted by Crippen LogP contribution is 2.23. The summed E-state index contributed by atoms with van der Waals surface area (Å²) < 4.78 is 1.23. The van der Waals surface area contributed by atoms with Crippen molar-refractivity contribution in [2.45, 2.75) is 19.4 Å². The number of aliphatic hydroxyl groups is 1. The van der Waals surface area contributed by atoms with E-state index in [1.807, 2.05) is 42.4 Å². The van der Waals surface area contributed by atoms with Crippen molar-refractivity contribution in [3.05, 3.63) is 47.6 Å². The van der Waals surface area contributed by atoms with E-state index in [1.165, 1.54) is 4.70 Å². The molecule has 2 heterocycles. The molecule has 2 N–H and O–H groups in total. The topological polar surface area (TPSA) is 61.3 Å². The summed E-state index contributed by atoms with van der Waals surface area (Å²) in [7, 11) is 1.94. The van der Waals surface area contributed by atoms with Gasteiger partial charge in [-0.1, -0.05) is 12.1 Å². The van der Waals surface area contributed by atoms with Gasteiger partial charge in [0, 0.05) is 26.1 Å². The van der Waals surface area contributed by atoms with E-state index in [4.69, 9.17) is 5.11 Å². The Kier molecular flexibility index (Phi) is 5.27. The third-order valence-electron chi connectivity index (χ3n) is 3.84. The first-order chi connectivity index (χ1) is 11.7. The number of pyridine rings is 1. The Hall–Kier alpha value is -2.18. The Morgan fingerprint density at radius 2 is 2.08 bits per heavy atom. The molecule has 0 aliphatic carbocycles. The lowest BCUT2D eigenvalue weighted by molar-refractivity contribution is 0.304. The molecule has 0 aliphatic rings. The maximum absolute atomic E-state index is 8.98. The number of rotatable bonds is 7. The second-order valence-corrected chi connectivity index (χ2v) is 6.99. The normalized spacial score (nSPS) is 12.3. The average Bonchev–Trinajstić information content (AvgIpc) is 2.97. The SMILES string of the molecule is CC(Cc1nc2ccccc2s1)Nc1ccc(N(C)CCO)cn1. The summed E-state index contributed by atoms with van der Waals surface area (Å²) in [6.07, 6.45) is 2.69. The minimum absolute atomic E-state index is 0.135. The molecule has 5 nitrogen and oxygen atoms in total. The molecule has 24 heavy (non-hydrogen) atoms. The van der Waals surface area contributed by atoms with Crippen molar-refractivity contribution in [1.82, 2.24) is 9.97 Å². The summed E-state index contributed by atoms with van der Waals surface area (Å²) in [4.78, 5) is 11.1. The standard InChI is InChI=1S/C18H22N4OS/c1-13(11-18-21-15-5-3-4-6-16(15)24-18)20-17-8-7-14(12-19-17)22(2)9-10-23/h3-8,12-13,23H,9-11H2,1-2H3,(H,19,20). The van der Waals surface area contributed by atoms with Gasteiger partial charge in [0.25, 0.3) is 0 Å². The molecule has 6 heteroatoms. The number of aromatic nitrogens is 2. The molecule has 0 fully saturated rings. The summed E-state index contributed by atoms with van der Waals surface area (Å²) in [5, 5.41) is 13.5. The van der Waals surface area contributed by atoms with E-state index in [2.05, 4.69) is 34.3 Å². The Morgan fingerprint density at radius 3 is 2.79 bits per heavy atom. The molecule has 1 aromatic carbocycles. The second-order valence-electron chi connectivity index (χ2n) is 5.87. The molecule has 0 amide bonds. The van der Waals surface area contributed by atoms with Crippen LogP contribution < -0.4 is 10.2 Å². The van der Waals surface area contributed by atoms with E-state index in [0.717, 1.165) is 28.5 Å². The van der Waals surface area contributed by atoms with Crippen molar-refractivity contribution in [3.63, 3.8) is 0 Å². The molecular formula is C18H22N4OS. The van der Waals surface area contributed by atoms with Gasteiger partial charge in [-0.2, -0.15) is 0 Å². The third kappa shape index (κ3) is 4.01. The third-order valence-corrected chi connectivity index (χ3v) is 4.90. The molecule has 0 saturated carbocycles. The molecule has 0 radical (unpaired) electrons. The number of hydrogen-bond donors (Lipinski definition) is 2. The van der Waals surface area contributed by atoms with Crippen molar-refractivity contribution in [2.75, 3.05) is 30.4 Å². The predicted molar refractivity (Wildman–Crippen MR) is 101 cm³/mol. The van der Waals surface area contributed by atoms with Crippen molar-refractivity contribution in [1.29, 1.82) is 0 Å². The van der Waals surface area contributed by atoms with Crippen LogP contribution >= 0.6 is 11.3 Å². The van der Waals surface area contributed by atoms with Crippen LogP contribution in [0.1, 0.15) is 11.9 Å². The zero-order valence-corrected chi connectivity index (χ0v) is 14.8. The zero-order valence-electron chi connectivity index (χ0n) is 13.9. The fourth-order valence-corrected chi connectivity index (χ4v) is 3.65. The number of nitrogens with zero attached hydrogens (tertiary/aromatic N) is 3. The molecule has 1 atom stereocenters. The molecule has 3 aromatic rings. The Morgan fingerprint density at radius 1 is 1.25 bits per heavy atom. The van der Waals surface area contributed by atoms with Gasteiger partial charge in [-0.3, -0.25) is 0 Å². The van der Waals surface area contributed by atoms with Gasteiger partial charge in [-0.25, -0.2) is 9.97 Å². The van der Waals surface area contributed by atoms with Gasteiger partial charge in [0.1, 0.15) is 5.82 Å². The molecule has 0 bridgehead atoms. The van der Waals surface area contributed by atoms with Crippen LogP contribution in [0.15, 0.2) is 42.6 Å². The maximum atomic E-state index is 8.98. The molecule has 1 unspecified atom stereocenters. The van der Waals surface area contributed by atoms with Crippen LogP contribution in [0.4, 0.5) is 11.5 Å². The van der Waals surface area contributed by atoms with Gasteiger partial charge < -0.3 is 15.3 Å². The number of fused-ring (bicyclic) bond motifs is 1. The van der Waals surface area contributed by atoms with E-state index in [9.17, 15) is 0 Å². The highest BCUT2D eigenvalue weighted by molar-refractivity contribution is 7.18. The molecule has 0 aliphatic heterocycles. The highest BCUT2D eigenvalue weighted by Gasteiger charge is 2.09. The van der Waals surface area contributed by atoms with Crippen molar-refractivity contribution in [3.8, 4) is 0 Å². The lowest BCUT2D eigenvalue weighted by Crippen LogP contribution is -2.22. The van der Waals surface area contributed by atoms with Crippen LogP contribution in [-0.4, -0.2) is 41.3 Å². The van der Waals surface area contributed by atoms with Gasteiger partial charge in [0.2, 0.25) is 0 Å². The number of aliphatic hydroxyl groups excluding tert-OH is 1. The van der Waals surface area contributed by atoms with Crippen LogP contribution in [0, 0.1) is 0 Å². The number of anilines is 2. The quantitative estimate of drug-likeness (QED) is 0.691. The van der Waals surface area contributed by atoms with Crippen LogP contribution in [0.25, 0.3) is 10.2 Å². The maximum Gasteiger partial charge on any atom is 0.126 e. The van der Waals surface area contributed by atoms with Crippen molar-refractivity contribution < 1.29 is 5.11 Å². The second kappa shape index (κ2) is 7.59. The van der Waals surface area contributed by atoms with E-state index in [1.54, 1.807) is 11.3 Å². The minimum atomic E-state index is 0.135. The number of thiazole rings is 1. The zero-order chi connectivity index (χ0) is 16.9. The minimum Gasteiger partial charge on any atom is -0.395 e. The van der Waals surface area contributed by atoms with Crippen LogP contribution in [0.2, 0.25) is 0 Å². The van der Waals surface area contributed by atoms with Crippen LogP contribution in [0.5, 0.6) is 0 Å². The number of benzene rings is 1. The summed E-state index contributed by atoms with van der Waals surface area (Å²) in [6.45, 7) is 2.87. The smallest absolute Gasteiger partial charge is 0.126 e. The molecular weight excluding hydrogens is 320 g/mol. The van der Waals surface area contributed by atoms with Crippen molar-refractivity contribution in [2.24, 2.45) is 0 Å². The molecule has 126 valence electrons. The first kappa shape index (κ1) is 16.7. The Labute approximate surface area is 146 Å². The molecule has 0 saturated heterocycles. The van der Waals surface area contributed by atoms with Gasteiger partial charge in [0.05, 0.1) is 33.7 Å². The summed E-state index contributed by atoms with van der Waals surface area (Å²) in [6, 6.07) is 12.5. The lowest BCUT2D eigenvalue weighted by Gasteiger charge is -2.18. The first-order valence-electron chi connectivity index (χ1n) is 8.05. The molecule has 0 spiro atoms. The van der Waals surface area contributed by atoms with E-state index < -0.39 is 0 Å². The monoisotopic (exact) mass is 342 g/mol. The fraction of sp³-hybridized carbons (Fsp3) is 0.333. The summed E-state index contributed by atoms with van der Waals surface area (Å²) >= 11 is 1.75. The number of para-hydroxylation sites is 1. The highest BCUT2D eigenvalue weighted by atomic mass is 32.1. The summed E-state index contributed by atoms with van der Waals surface area (Å²) in [5.74, 6) is 0.852. The Bertz CT molecular complexity index is 754. The molecule has 2 aromatic heterocycles. The van der Waals surface area contributed by atoms with E-state index in [0.29, 0.717) is 6.54 Å². The number of hydrogen-bond acceptors (Lipinski definition) is 6. The van der Waals surface area contributed by atoms with Crippen LogP contribution in [-0.2, 0) is 6.42 Å². The van der Waals surface area contributed by atoms with E-state index >= 15 is 0 Å². The number of likely N-dealkylation sites (N-methyl/N-ethyl adjacent to an activating group) is 1. The van der Waals surface area contributed by atoms with Gasteiger partial charge in [-0.05, 0) is 31.2 Å². The van der Waals surface area contributed by atoms with Gasteiger partial charge in [0.15, 0.2) is 0 Å². The van der Waals surface area contributed by atoms with Gasteiger partial charge in [-0.15, -0.1) is 11.3 Å². The molecule has 3 rings (SSSR count). The van der Waals surface area contributed by atoms with Gasteiger partial charge >= 0.3 is 0 Å². The fourth-order valence-electron chi connectivity index (χ4n) is 2.55. The first-order valence-corrected chi connectivity index (χ1v) is 8.86. The van der Waals surface area contributed by atoms with Crippen LogP contribution in [0.3, 0.4) is 0 Å². The Balaban J connectivity index is 1.60. The predicted octanol–water partition coefficient (Wildman–Crippen LogP) is 3.16. The van der Waals surface area contributed by atoms with E-state index in [-0.39, 0.29) is 12.6 Å². The largest absolute Gasteiger partial charge is 0.395 e.